The van der Waals surface area contributed by atoms with Gasteiger partial charge < -0.3 is 5.73 Å². The molecule has 0 heterocycles. The van der Waals surface area contributed by atoms with Gasteiger partial charge in [0.2, 0.25) is 10.0 Å². The van der Waals surface area contributed by atoms with Crippen molar-refractivity contribution in [1.29, 1.82) is 5.26 Å². The second-order valence-electron chi connectivity index (χ2n) is 5.03. The van der Waals surface area contributed by atoms with Crippen LogP contribution in [0.4, 0.5) is 5.69 Å². The first-order chi connectivity index (χ1) is 8.94. The predicted molar refractivity (Wildman–Crippen MR) is 72.6 cm³/mol. The second kappa shape index (κ2) is 5.19. The van der Waals surface area contributed by atoms with E-state index in [4.69, 9.17) is 11.0 Å². The molecule has 0 aromatic heterocycles. The van der Waals surface area contributed by atoms with Crippen LogP contribution < -0.4 is 10.5 Å². The van der Waals surface area contributed by atoms with Gasteiger partial charge in [0.05, 0.1) is 10.5 Å². The highest BCUT2D eigenvalue weighted by molar-refractivity contribution is 7.89. The number of nitrogen functional groups attached to an aromatic ring is 1. The monoisotopic (exact) mass is 279 g/mol. The molecule has 1 fully saturated rings. The Kier molecular flexibility index (Phi) is 3.78. The van der Waals surface area contributed by atoms with Crippen LogP contribution in [0.15, 0.2) is 23.1 Å². The maximum Gasteiger partial charge on any atom is 0.241 e. The summed E-state index contributed by atoms with van der Waals surface area (Å²) in [5, 5.41) is 8.98. The Hall–Kier alpha value is -1.58. The molecule has 1 atom stereocenters. The number of nitrogens with two attached hydrogens (primary N) is 1. The van der Waals surface area contributed by atoms with Crippen molar-refractivity contribution in [2.45, 2.75) is 24.7 Å². The summed E-state index contributed by atoms with van der Waals surface area (Å²) in [6.07, 6.45) is 2.35. The van der Waals surface area contributed by atoms with E-state index in [0.717, 1.165) is 0 Å². The standard InChI is InChI=1S/C13H17N3O2S/c1-9(10-2-3-10)8-16-19(17,18)13-5-4-12(15)6-11(13)7-14/h4-6,9-10,16H,2-3,8,15H2,1H3. The van der Waals surface area contributed by atoms with E-state index in [1.165, 1.54) is 31.0 Å². The molecule has 6 heteroatoms. The first-order valence-corrected chi connectivity index (χ1v) is 7.71. The first kappa shape index (κ1) is 13.8. The zero-order valence-electron chi connectivity index (χ0n) is 10.8. The van der Waals surface area contributed by atoms with Gasteiger partial charge in [-0.15, -0.1) is 0 Å². The van der Waals surface area contributed by atoms with Gasteiger partial charge in [-0.3, -0.25) is 0 Å². The number of rotatable bonds is 5. The Morgan fingerprint density at radius 2 is 2.21 bits per heavy atom. The number of nitrogens with zero attached hydrogens (tertiary/aromatic N) is 1. The van der Waals surface area contributed by atoms with Gasteiger partial charge >= 0.3 is 0 Å². The van der Waals surface area contributed by atoms with Crippen molar-refractivity contribution in [2.24, 2.45) is 11.8 Å². The molecule has 1 saturated carbocycles. The normalized spacial score (nSPS) is 16.8. The summed E-state index contributed by atoms with van der Waals surface area (Å²) in [6.45, 7) is 2.44. The third kappa shape index (κ3) is 3.25. The number of nitriles is 1. The average molecular weight is 279 g/mol. The molecule has 0 bridgehead atoms. The lowest BCUT2D eigenvalue weighted by Crippen LogP contribution is -2.29. The third-order valence-corrected chi connectivity index (χ3v) is 4.92. The minimum atomic E-state index is -3.65. The van der Waals surface area contributed by atoms with Crippen LogP contribution in [0.1, 0.15) is 25.3 Å². The molecule has 2 rings (SSSR count). The van der Waals surface area contributed by atoms with Crippen LogP contribution in [0, 0.1) is 23.2 Å². The lowest BCUT2D eigenvalue weighted by atomic mass is 10.1. The van der Waals surface area contributed by atoms with E-state index in [1.807, 2.05) is 13.0 Å². The fraction of sp³-hybridized carbons (Fsp3) is 0.462. The van der Waals surface area contributed by atoms with Crippen molar-refractivity contribution >= 4 is 15.7 Å². The molecule has 3 N–H and O–H groups in total. The van der Waals surface area contributed by atoms with Gasteiger partial charge in [-0.1, -0.05) is 6.92 Å². The highest BCUT2D eigenvalue weighted by Crippen LogP contribution is 2.36. The zero-order chi connectivity index (χ0) is 14.0. The van der Waals surface area contributed by atoms with Gasteiger partial charge in [0.15, 0.2) is 0 Å². The van der Waals surface area contributed by atoms with Gasteiger partial charge in [0.25, 0.3) is 0 Å². The molecule has 19 heavy (non-hydrogen) atoms. The van der Waals surface area contributed by atoms with Crippen LogP contribution >= 0.6 is 0 Å². The van der Waals surface area contributed by atoms with E-state index in [-0.39, 0.29) is 10.5 Å². The number of hydrogen-bond donors (Lipinski definition) is 2. The first-order valence-electron chi connectivity index (χ1n) is 6.23. The van der Waals surface area contributed by atoms with Crippen molar-refractivity contribution in [1.82, 2.24) is 4.72 Å². The molecule has 102 valence electrons. The van der Waals surface area contributed by atoms with Crippen molar-refractivity contribution in [2.75, 3.05) is 12.3 Å². The van der Waals surface area contributed by atoms with Gasteiger partial charge in [0, 0.05) is 12.2 Å². The van der Waals surface area contributed by atoms with Gasteiger partial charge in [-0.2, -0.15) is 5.26 Å². The summed E-state index contributed by atoms with van der Waals surface area (Å²) in [5.74, 6) is 0.957. The Morgan fingerprint density at radius 3 is 2.79 bits per heavy atom. The molecule has 1 aromatic carbocycles. The second-order valence-corrected chi connectivity index (χ2v) is 6.77. The Balaban J connectivity index is 2.17. The highest BCUT2D eigenvalue weighted by atomic mass is 32.2. The molecule has 0 aliphatic heterocycles. The van der Waals surface area contributed by atoms with E-state index < -0.39 is 10.0 Å². The minimum Gasteiger partial charge on any atom is -0.399 e. The lowest BCUT2D eigenvalue weighted by molar-refractivity contribution is 0.492. The molecule has 1 aliphatic carbocycles. The molecular formula is C13H17N3O2S. The van der Waals surface area contributed by atoms with Crippen LogP contribution in [0.25, 0.3) is 0 Å². The van der Waals surface area contributed by atoms with Crippen LogP contribution in [0.5, 0.6) is 0 Å². The highest BCUT2D eigenvalue weighted by Gasteiger charge is 2.29. The summed E-state index contributed by atoms with van der Waals surface area (Å²) in [5.41, 5.74) is 6.00. The molecule has 0 radical (unpaired) electrons. The molecule has 1 unspecified atom stereocenters. The molecule has 5 nitrogen and oxygen atoms in total. The minimum absolute atomic E-state index is 0.00723. The van der Waals surface area contributed by atoms with Crippen molar-refractivity contribution in [3.8, 4) is 6.07 Å². The summed E-state index contributed by atoms with van der Waals surface area (Å²) < 4.78 is 26.9. The van der Waals surface area contributed by atoms with Gasteiger partial charge in [-0.25, -0.2) is 13.1 Å². The van der Waals surface area contributed by atoms with Crippen LogP contribution in [-0.4, -0.2) is 15.0 Å². The smallest absolute Gasteiger partial charge is 0.241 e. The number of nitrogens with one attached hydrogen (secondary N) is 1. The SMILES string of the molecule is CC(CNS(=O)(=O)c1ccc(N)cc1C#N)C1CC1. The fourth-order valence-corrected chi connectivity index (χ4v) is 3.30. The molecule has 0 saturated heterocycles. The summed E-state index contributed by atoms with van der Waals surface area (Å²) >= 11 is 0. The Morgan fingerprint density at radius 1 is 1.53 bits per heavy atom. The van der Waals surface area contributed by atoms with E-state index in [2.05, 4.69) is 4.72 Å². The van der Waals surface area contributed by atoms with Crippen LogP contribution in [0.3, 0.4) is 0 Å². The summed E-state index contributed by atoms with van der Waals surface area (Å²) in [7, 11) is -3.65. The van der Waals surface area contributed by atoms with Gasteiger partial charge in [-0.05, 0) is 42.9 Å². The Labute approximate surface area is 113 Å². The summed E-state index contributed by atoms with van der Waals surface area (Å²) in [6, 6.07) is 6.10. The topological polar surface area (TPSA) is 96.0 Å². The molecule has 0 amide bonds. The van der Waals surface area contributed by atoms with E-state index in [1.54, 1.807) is 0 Å². The average Bonchev–Trinajstić information content (AvgIpc) is 3.19. The Bertz CT molecular complexity index is 615. The van der Waals surface area contributed by atoms with Crippen LogP contribution in [-0.2, 0) is 10.0 Å². The number of hydrogen-bond acceptors (Lipinski definition) is 4. The number of anilines is 1. The number of benzene rings is 1. The largest absolute Gasteiger partial charge is 0.399 e. The molecule has 1 aliphatic rings. The molecular weight excluding hydrogens is 262 g/mol. The lowest BCUT2D eigenvalue weighted by Gasteiger charge is -2.12. The number of sulfonamides is 1. The zero-order valence-corrected chi connectivity index (χ0v) is 11.6. The predicted octanol–water partition coefficient (Wildman–Crippen LogP) is 1.46. The van der Waals surface area contributed by atoms with E-state index in [0.29, 0.717) is 24.1 Å². The quantitative estimate of drug-likeness (QED) is 0.798. The van der Waals surface area contributed by atoms with Crippen molar-refractivity contribution in [3.05, 3.63) is 23.8 Å². The van der Waals surface area contributed by atoms with Gasteiger partial charge in [0.1, 0.15) is 6.07 Å². The fourth-order valence-electron chi connectivity index (χ4n) is 2.02. The van der Waals surface area contributed by atoms with Crippen molar-refractivity contribution < 1.29 is 8.42 Å². The van der Waals surface area contributed by atoms with E-state index >= 15 is 0 Å². The molecule has 1 aromatic rings. The van der Waals surface area contributed by atoms with Crippen molar-refractivity contribution in [3.63, 3.8) is 0 Å². The maximum absolute atomic E-state index is 12.2. The maximum atomic E-state index is 12.2. The summed E-state index contributed by atoms with van der Waals surface area (Å²) in [4.78, 5) is -0.00723. The molecule has 0 spiro atoms. The van der Waals surface area contributed by atoms with E-state index in [9.17, 15) is 8.42 Å². The van der Waals surface area contributed by atoms with Crippen LogP contribution in [0.2, 0.25) is 0 Å². The third-order valence-electron chi connectivity index (χ3n) is 3.44.